The van der Waals surface area contributed by atoms with E-state index in [4.69, 9.17) is 4.74 Å². The van der Waals surface area contributed by atoms with E-state index in [0.717, 1.165) is 16.9 Å². The van der Waals surface area contributed by atoms with Crippen molar-refractivity contribution in [3.8, 4) is 5.75 Å². The minimum atomic E-state index is -0.141. The van der Waals surface area contributed by atoms with E-state index in [1.165, 1.54) is 6.08 Å². The van der Waals surface area contributed by atoms with Crippen LogP contribution >= 0.6 is 0 Å². The molecule has 5 nitrogen and oxygen atoms in total. The normalized spacial score (nSPS) is 12.3. The van der Waals surface area contributed by atoms with Crippen LogP contribution in [0.1, 0.15) is 31.0 Å². The molecule has 0 saturated heterocycles. The summed E-state index contributed by atoms with van der Waals surface area (Å²) < 4.78 is 5.37. The molecule has 1 unspecified atom stereocenters. The third-order valence-electron chi connectivity index (χ3n) is 3.00. The lowest BCUT2D eigenvalue weighted by molar-refractivity contribution is -0.117. The van der Waals surface area contributed by atoms with Crippen molar-refractivity contribution in [1.82, 2.24) is 15.5 Å². The number of carbonyl (C=O) groups excluding carboxylic acids is 1. The summed E-state index contributed by atoms with van der Waals surface area (Å²) in [5, 5.41) is 9.46. The first-order valence-corrected chi connectivity index (χ1v) is 6.89. The van der Waals surface area contributed by atoms with Crippen LogP contribution in [0.4, 0.5) is 0 Å². The Hall–Kier alpha value is -2.56. The fourth-order valence-electron chi connectivity index (χ4n) is 1.86. The van der Waals surface area contributed by atoms with Crippen molar-refractivity contribution in [3.05, 3.63) is 53.9 Å². The van der Waals surface area contributed by atoms with Gasteiger partial charge in [-0.2, -0.15) is 5.10 Å². The molecule has 0 aliphatic heterocycles. The van der Waals surface area contributed by atoms with Crippen molar-refractivity contribution < 1.29 is 9.53 Å². The first-order valence-electron chi connectivity index (χ1n) is 6.89. The van der Waals surface area contributed by atoms with E-state index in [-0.39, 0.29) is 11.9 Å². The molecule has 110 valence electrons. The predicted octanol–water partition coefficient (Wildman–Crippen LogP) is 2.70. The van der Waals surface area contributed by atoms with E-state index in [9.17, 15) is 4.79 Å². The summed E-state index contributed by atoms with van der Waals surface area (Å²) in [6.45, 7) is 4.50. The molecule has 2 aromatic rings. The fraction of sp³-hybridized carbons (Fsp3) is 0.250. The largest absolute Gasteiger partial charge is 0.494 e. The molecule has 0 aliphatic carbocycles. The zero-order chi connectivity index (χ0) is 15.1. The number of aromatic nitrogens is 2. The second kappa shape index (κ2) is 7.28. The molecule has 0 spiro atoms. The number of nitrogens with zero attached hydrogens (tertiary/aromatic N) is 1. The summed E-state index contributed by atoms with van der Waals surface area (Å²) in [6, 6.07) is 7.51. The predicted molar refractivity (Wildman–Crippen MR) is 81.8 cm³/mol. The van der Waals surface area contributed by atoms with Gasteiger partial charge < -0.3 is 10.1 Å². The molecule has 5 heteroatoms. The Morgan fingerprint density at radius 1 is 1.43 bits per heavy atom. The van der Waals surface area contributed by atoms with Gasteiger partial charge in [-0.15, -0.1) is 0 Å². The average molecular weight is 285 g/mol. The lowest BCUT2D eigenvalue weighted by atomic mass is 10.2. The number of hydrogen-bond acceptors (Lipinski definition) is 3. The van der Waals surface area contributed by atoms with Gasteiger partial charge in [0, 0.05) is 17.8 Å². The van der Waals surface area contributed by atoms with Gasteiger partial charge in [-0.25, -0.2) is 0 Å². The van der Waals surface area contributed by atoms with Gasteiger partial charge in [0.05, 0.1) is 18.8 Å². The summed E-state index contributed by atoms with van der Waals surface area (Å²) >= 11 is 0. The Labute approximate surface area is 124 Å². The van der Waals surface area contributed by atoms with Gasteiger partial charge in [0.2, 0.25) is 5.91 Å². The van der Waals surface area contributed by atoms with Gasteiger partial charge in [-0.1, -0.05) is 12.1 Å². The summed E-state index contributed by atoms with van der Waals surface area (Å²) in [7, 11) is 0. The van der Waals surface area contributed by atoms with Crippen LogP contribution in [0, 0.1) is 0 Å². The van der Waals surface area contributed by atoms with Crippen molar-refractivity contribution >= 4 is 12.0 Å². The van der Waals surface area contributed by atoms with Crippen LogP contribution in [0.3, 0.4) is 0 Å². The topological polar surface area (TPSA) is 67.0 Å². The number of nitrogens with one attached hydrogen (secondary N) is 2. The zero-order valence-electron chi connectivity index (χ0n) is 12.2. The Bertz CT molecular complexity index is 588. The minimum absolute atomic E-state index is 0.0822. The molecule has 1 aromatic carbocycles. The third-order valence-corrected chi connectivity index (χ3v) is 3.00. The molecular weight excluding hydrogens is 266 g/mol. The average Bonchev–Trinajstić information content (AvgIpc) is 3.01. The highest BCUT2D eigenvalue weighted by atomic mass is 16.5. The van der Waals surface area contributed by atoms with Crippen molar-refractivity contribution in [2.45, 2.75) is 19.9 Å². The van der Waals surface area contributed by atoms with Crippen molar-refractivity contribution in [1.29, 1.82) is 0 Å². The highest BCUT2D eigenvalue weighted by Crippen LogP contribution is 2.13. The first-order chi connectivity index (χ1) is 10.2. The molecule has 1 heterocycles. The Kier molecular flexibility index (Phi) is 5.15. The number of carbonyl (C=O) groups is 1. The quantitative estimate of drug-likeness (QED) is 0.802. The SMILES string of the molecule is CCOc1ccc(/C=C/C(=O)NC(C)c2cn[nH]c2)cc1. The Morgan fingerprint density at radius 2 is 2.19 bits per heavy atom. The summed E-state index contributed by atoms with van der Waals surface area (Å²) in [6.07, 6.45) is 6.75. The smallest absolute Gasteiger partial charge is 0.244 e. The van der Waals surface area contributed by atoms with Gasteiger partial charge in [0.25, 0.3) is 0 Å². The van der Waals surface area contributed by atoms with Crippen LogP contribution in [-0.2, 0) is 4.79 Å². The van der Waals surface area contributed by atoms with Gasteiger partial charge in [-0.05, 0) is 37.6 Å². The maximum atomic E-state index is 11.8. The van der Waals surface area contributed by atoms with E-state index in [0.29, 0.717) is 6.61 Å². The maximum Gasteiger partial charge on any atom is 0.244 e. The summed E-state index contributed by atoms with van der Waals surface area (Å²) in [4.78, 5) is 11.8. The molecule has 1 aromatic heterocycles. The molecule has 1 amide bonds. The zero-order valence-corrected chi connectivity index (χ0v) is 12.2. The van der Waals surface area contributed by atoms with Crippen LogP contribution in [0.5, 0.6) is 5.75 Å². The lowest BCUT2D eigenvalue weighted by Crippen LogP contribution is -2.24. The van der Waals surface area contributed by atoms with Crippen LogP contribution in [0.25, 0.3) is 6.08 Å². The molecule has 0 saturated carbocycles. The summed E-state index contributed by atoms with van der Waals surface area (Å²) in [5.74, 6) is 0.685. The molecular formula is C16H19N3O2. The summed E-state index contributed by atoms with van der Waals surface area (Å²) in [5.41, 5.74) is 1.89. The minimum Gasteiger partial charge on any atom is -0.494 e. The number of hydrogen-bond donors (Lipinski definition) is 2. The third kappa shape index (κ3) is 4.49. The van der Waals surface area contributed by atoms with E-state index in [2.05, 4.69) is 15.5 Å². The molecule has 0 radical (unpaired) electrons. The Balaban J connectivity index is 1.89. The van der Waals surface area contributed by atoms with Crippen LogP contribution in [0.15, 0.2) is 42.7 Å². The van der Waals surface area contributed by atoms with Gasteiger partial charge in [0.15, 0.2) is 0 Å². The number of amides is 1. The molecule has 2 rings (SSSR count). The molecule has 0 bridgehead atoms. The number of benzene rings is 1. The number of rotatable bonds is 6. The van der Waals surface area contributed by atoms with Crippen molar-refractivity contribution in [2.75, 3.05) is 6.61 Å². The van der Waals surface area contributed by atoms with Gasteiger partial charge in [-0.3, -0.25) is 9.89 Å². The van der Waals surface area contributed by atoms with E-state index >= 15 is 0 Å². The molecule has 1 atom stereocenters. The van der Waals surface area contributed by atoms with Gasteiger partial charge in [0.1, 0.15) is 5.75 Å². The molecule has 2 N–H and O–H groups in total. The van der Waals surface area contributed by atoms with Crippen molar-refractivity contribution in [2.24, 2.45) is 0 Å². The highest BCUT2D eigenvalue weighted by molar-refractivity contribution is 5.91. The van der Waals surface area contributed by atoms with Gasteiger partial charge >= 0.3 is 0 Å². The monoisotopic (exact) mass is 285 g/mol. The number of ether oxygens (including phenoxy) is 1. The molecule has 0 aliphatic rings. The van der Waals surface area contributed by atoms with Crippen LogP contribution in [-0.4, -0.2) is 22.7 Å². The Morgan fingerprint density at radius 3 is 2.81 bits per heavy atom. The number of H-pyrrole nitrogens is 1. The van der Waals surface area contributed by atoms with E-state index < -0.39 is 0 Å². The lowest BCUT2D eigenvalue weighted by Gasteiger charge is -2.09. The number of aromatic amines is 1. The van der Waals surface area contributed by atoms with E-state index in [1.807, 2.05) is 38.1 Å². The second-order valence-electron chi connectivity index (χ2n) is 4.60. The fourth-order valence-corrected chi connectivity index (χ4v) is 1.86. The maximum absolute atomic E-state index is 11.8. The first kappa shape index (κ1) is 14.8. The highest BCUT2D eigenvalue weighted by Gasteiger charge is 2.07. The molecule has 21 heavy (non-hydrogen) atoms. The standard InChI is InChI=1S/C16H19N3O2/c1-3-21-15-7-4-13(5-8-15)6-9-16(20)19-12(2)14-10-17-18-11-14/h4-12H,3H2,1-2H3,(H,17,18)(H,19,20)/b9-6+. The van der Waals surface area contributed by atoms with E-state index in [1.54, 1.807) is 18.5 Å². The molecule has 0 fully saturated rings. The second-order valence-corrected chi connectivity index (χ2v) is 4.60. The van der Waals surface area contributed by atoms with Crippen molar-refractivity contribution in [3.63, 3.8) is 0 Å². The van der Waals surface area contributed by atoms with Crippen LogP contribution in [0.2, 0.25) is 0 Å². The van der Waals surface area contributed by atoms with Crippen LogP contribution < -0.4 is 10.1 Å².